The molecule has 3 aromatic carbocycles. The molecule has 1 heterocycles. The summed E-state index contributed by atoms with van der Waals surface area (Å²) in [6, 6.07) is 26.5. The lowest BCUT2D eigenvalue weighted by Crippen LogP contribution is -2.59. The molecule has 0 aliphatic carbocycles. The van der Waals surface area contributed by atoms with E-state index in [4.69, 9.17) is 19.7 Å². The van der Waals surface area contributed by atoms with Crippen LogP contribution >= 0.6 is 11.8 Å². The summed E-state index contributed by atoms with van der Waals surface area (Å²) in [5, 5.41) is 7.69. The molecule has 1 aliphatic rings. The number of hydrogen-bond donors (Lipinski definition) is 0. The van der Waals surface area contributed by atoms with Crippen LogP contribution in [0.25, 0.3) is 20.9 Å². The first-order valence-corrected chi connectivity index (χ1v) is 12.4. The maximum atomic E-state index is 13.1. The lowest BCUT2D eigenvalue weighted by atomic mass is 9.97. The van der Waals surface area contributed by atoms with Crippen LogP contribution in [0.15, 0.2) is 106 Å². The van der Waals surface area contributed by atoms with E-state index in [1.165, 1.54) is 11.8 Å². The Bertz CT molecular complexity index is 1250. The maximum Gasteiger partial charge on any atom is 0.338 e. The number of hydrogen-bond acceptors (Lipinski definition) is 7. The lowest BCUT2D eigenvalue weighted by Gasteiger charge is -2.44. The normalized spacial score (nSPS) is 22.8. The zero-order valence-corrected chi connectivity index (χ0v) is 20.5. The van der Waals surface area contributed by atoms with Gasteiger partial charge in [0.1, 0.15) is 23.7 Å². The van der Waals surface area contributed by atoms with Gasteiger partial charge in [0, 0.05) is 14.7 Å². The first-order chi connectivity index (χ1) is 18.2. The fourth-order valence-electron chi connectivity index (χ4n) is 3.94. The molecule has 5 atom stereocenters. The van der Waals surface area contributed by atoms with Crippen LogP contribution in [0.1, 0.15) is 15.9 Å². The van der Waals surface area contributed by atoms with Crippen LogP contribution in [0.4, 0.5) is 0 Å². The average Bonchev–Trinajstić information content (AvgIpc) is 2.94. The summed E-state index contributed by atoms with van der Waals surface area (Å²) < 4.78 is 18.5. The van der Waals surface area contributed by atoms with E-state index in [9.17, 15) is 10.3 Å². The van der Waals surface area contributed by atoms with Crippen molar-refractivity contribution in [3.63, 3.8) is 0 Å². The van der Waals surface area contributed by atoms with Crippen molar-refractivity contribution >= 4 is 17.7 Å². The number of thioether (sulfide) groups is 1. The Morgan fingerprint density at radius 1 is 0.892 bits per heavy atom. The molecule has 4 rings (SSSR count). The van der Waals surface area contributed by atoms with Crippen molar-refractivity contribution in [2.45, 2.75) is 41.3 Å². The number of carbonyl (C=O) groups excluding carboxylic acids is 1. The standard InChI is InChI=1S/C26H24N6O4S/c27-31-29-16-21-23(34-17-18-10-4-1-5-11-18)24(36-25(33)19-12-6-2-7-13-19)22(30-32-28)26(35-21)37-20-14-8-3-9-15-20/h1-15,21-24,26H,16-17H2/t21?,22?,23-,24?,26+/m0/s1. The van der Waals surface area contributed by atoms with Gasteiger partial charge in [-0.1, -0.05) is 88.7 Å². The highest BCUT2D eigenvalue weighted by molar-refractivity contribution is 7.99. The number of esters is 1. The van der Waals surface area contributed by atoms with Crippen LogP contribution < -0.4 is 0 Å². The SMILES string of the molecule is [N-]=[N+]=NCC1O[C@H](Sc2ccccc2)C(N=[N+]=[N-])C(OC(=O)c2ccccc2)[C@H]1OCc1ccccc1. The van der Waals surface area contributed by atoms with Crippen molar-refractivity contribution < 1.29 is 19.0 Å². The minimum Gasteiger partial charge on any atom is -0.455 e. The van der Waals surface area contributed by atoms with Crippen molar-refractivity contribution in [2.24, 2.45) is 10.2 Å². The summed E-state index contributed by atoms with van der Waals surface area (Å²) in [7, 11) is 0. The van der Waals surface area contributed by atoms with Gasteiger partial charge >= 0.3 is 5.97 Å². The minimum absolute atomic E-state index is 0.0653. The van der Waals surface area contributed by atoms with E-state index in [0.29, 0.717) is 5.56 Å². The summed E-state index contributed by atoms with van der Waals surface area (Å²) in [6.07, 6.45) is -2.65. The van der Waals surface area contributed by atoms with E-state index in [1.807, 2.05) is 60.7 Å². The molecular weight excluding hydrogens is 492 g/mol. The third kappa shape index (κ3) is 7.04. The third-order valence-corrected chi connectivity index (χ3v) is 6.82. The van der Waals surface area contributed by atoms with E-state index in [0.717, 1.165) is 10.5 Å². The van der Waals surface area contributed by atoms with Gasteiger partial charge in [-0.25, -0.2) is 4.79 Å². The molecule has 10 nitrogen and oxygen atoms in total. The predicted octanol–water partition coefficient (Wildman–Crippen LogP) is 6.30. The van der Waals surface area contributed by atoms with E-state index in [-0.39, 0.29) is 13.2 Å². The van der Waals surface area contributed by atoms with Crippen molar-refractivity contribution in [2.75, 3.05) is 6.54 Å². The van der Waals surface area contributed by atoms with Crippen LogP contribution in [0.5, 0.6) is 0 Å². The largest absolute Gasteiger partial charge is 0.455 e. The van der Waals surface area contributed by atoms with Gasteiger partial charge in [-0.3, -0.25) is 0 Å². The van der Waals surface area contributed by atoms with Crippen molar-refractivity contribution in [3.8, 4) is 0 Å². The molecule has 1 saturated heterocycles. The van der Waals surface area contributed by atoms with Crippen molar-refractivity contribution in [1.82, 2.24) is 0 Å². The first-order valence-electron chi connectivity index (χ1n) is 11.5. The molecule has 188 valence electrons. The second-order valence-corrected chi connectivity index (χ2v) is 9.25. The molecule has 3 aromatic rings. The molecule has 37 heavy (non-hydrogen) atoms. The summed E-state index contributed by atoms with van der Waals surface area (Å²) in [4.78, 5) is 19.9. The number of ether oxygens (including phenoxy) is 3. The predicted molar refractivity (Wildman–Crippen MR) is 139 cm³/mol. The number of azide groups is 2. The Morgan fingerprint density at radius 2 is 1.54 bits per heavy atom. The van der Waals surface area contributed by atoms with Gasteiger partial charge in [-0.2, -0.15) is 0 Å². The third-order valence-electron chi connectivity index (χ3n) is 5.66. The molecule has 0 amide bonds. The average molecular weight is 517 g/mol. The fraction of sp³-hybridized carbons (Fsp3) is 0.269. The van der Waals surface area contributed by atoms with Crippen LogP contribution in [0.2, 0.25) is 0 Å². The number of rotatable bonds is 10. The maximum absolute atomic E-state index is 13.1. The van der Waals surface area contributed by atoms with Crippen molar-refractivity contribution in [3.05, 3.63) is 123 Å². The second kappa shape index (κ2) is 13.4. The van der Waals surface area contributed by atoms with E-state index >= 15 is 0 Å². The van der Waals surface area contributed by atoms with Gasteiger partial charge in [0.25, 0.3) is 0 Å². The van der Waals surface area contributed by atoms with Crippen LogP contribution in [-0.4, -0.2) is 42.3 Å². The zero-order chi connectivity index (χ0) is 25.9. The quantitative estimate of drug-likeness (QED) is 0.134. The molecule has 0 aromatic heterocycles. The Kier molecular flexibility index (Phi) is 9.42. The van der Waals surface area contributed by atoms with E-state index in [1.54, 1.807) is 30.3 Å². The number of benzene rings is 3. The molecule has 0 bridgehead atoms. The molecule has 0 spiro atoms. The van der Waals surface area contributed by atoms with Crippen LogP contribution in [0.3, 0.4) is 0 Å². The minimum atomic E-state index is -1.01. The number of carbonyl (C=O) groups is 1. The Balaban J connectivity index is 1.69. The molecule has 3 unspecified atom stereocenters. The highest BCUT2D eigenvalue weighted by Gasteiger charge is 2.49. The highest BCUT2D eigenvalue weighted by Crippen LogP contribution is 2.38. The first kappa shape index (κ1) is 26.1. The smallest absolute Gasteiger partial charge is 0.338 e. The van der Waals surface area contributed by atoms with Crippen LogP contribution in [-0.2, 0) is 20.8 Å². The molecule has 1 fully saturated rings. The van der Waals surface area contributed by atoms with Crippen LogP contribution in [0, 0.1) is 0 Å². The molecular formula is C26H24N6O4S. The van der Waals surface area contributed by atoms with E-state index in [2.05, 4.69) is 20.1 Å². The zero-order valence-electron chi connectivity index (χ0n) is 19.7. The van der Waals surface area contributed by atoms with Gasteiger partial charge in [0.05, 0.1) is 24.8 Å². The second-order valence-electron chi connectivity index (χ2n) is 8.08. The van der Waals surface area contributed by atoms with Gasteiger partial charge in [0.2, 0.25) is 0 Å². The Morgan fingerprint density at radius 3 is 2.19 bits per heavy atom. The Labute approximate surface area is 217 Å². The fourth-order valence-corrected chi connectivity index (χ4v) is 5.07. The van der Waals surface area contributed by atoms with E-state index < -0.39 is 35.8 Å². The molecule has 0 N–H and O–H groups in total. The van der Waals surface area contributed by atoms with Gasteiger partial charge in [-0.05, 0) is 40.9 Å². The number of nitrogens with zero attached hydrogens (tertiary/aromatic N) is 6. The monoisotopic (exact) mass is 516 g/mol. The highest BCUT2D eigenvalue weighted by atomic mass is 32.2. The van der Waals surface area contributed by atoms with Crippen molar-refractivity contribution in [1.29, 1.82) is 0 Å². The molecule has 0 radical (unpaired) electrons. The summed E-state index contributed by atoms with van der Waals surface area (Å²) in [5.41, 5.74) is 18.9. The van der Waals surface area contributed by atoms with Gasteiger partial charge < -0.3 is 14.2 Å². The van der Waals surface area contributed by atoms with Gasteiger partial charge in [0.15, 0.2) is 0 Å². The molecule has 0 saturated carbocycles. The van der Waals surface area contributed by atoms with Gasteiger partial charge in [-0.15, -0.1) is 0 Å². The molecule has 11 heteroatoms. The summed E-state index contributed by atoms with van der Waals surface area (Å²) in [6.45, 7) is 0.116. The summed E-state index contributed by atoms with van der Waals surface area (Å²) in [5.74, 6) is -0.593. The lowest BCUT2D eigenvalue weighted by molar-refractivity contribution is -0.178. The Hall–Kier alpha value is -3.98. The molecule has 1 aliphatic heterocycles. The summed E-state index contributed by atoms with van der Waals surface area (Å²) >= 11 is 1.32. The topological polar surface area (TPSA) is 142 Å².